The first-order valence-electron chi connectivity index (χ1n) is 5.77. The molecule has 1 aromatic rings. The number of esters is 1. The quantitative estimate of drug-likeness (QED) is 0.788. The normalized spacial score (nSPS) is 24.3. The number of hydrogen-bond acceptors (Lipinski definition) is 3. The minimum absolute atomic E-state index is 0.154. The van der Waals surface area contributed by atoms with Crippen molar-refractivity contribution in [3.8, 4) is 0 Å². The zero-order valence-corrected chi connectivity index (χ0v) is 9.53. The first kappa shape index (κ1) is 11.1. The topological polar surface area (TPSA) is 38.3 Å². The van der Waals surface area contributed by atoms with Gasteiger partial charge in [0.1, 0.15) is 5.54 Å². The van der Waals surface area contributed by atoms with Gasteiger partial charge in [-0.3, -0.25) is 5.32 Å². The van der Waals surface area contributed by atoms with Crippen molar-refractivity contribution in [2.75, 3.05) is 13.2 Å². The second kappa shape index (κ2) is 4.66. The van der Waals surface area contributed by atoms with Gasteiger partial charge >= 0.3 is 5.97 Å². The highest BCUT2D eigenvalue weighted by Gasteiger charge is 2.43. The Labute approximate surface area is 95.8 Å². The van der Waals surface area contributed by atoms with Gasteiger partial charge in [-0.25, -0.2) is 4.79 Å². The summed E-state index contributed by atoms with van der Waals surface area (Å²) in [6.07, 6.45) is 1.82. The van der Waals surface area contributed by atoms with E-state index >= 15 is 0 Å². The largest absolute Gasteiger partial charge is 0.464 e. The summed E-state index contributed by atoms with van der Waals surface area (Å²) in [5.74, 6) is -0.154. The average molecular weight is 219 g/mol. The number of hydrogen-bond donors (Lipinski definition) is 1. The van der Waals surface area contributed by atoms with Gasteiger partial charge in [0.15, 0.2) is 0 Å². The van der Waals surface area contributed by atoms with Gasteiger partial charge in [-0.05, 0) is 31.9 Å². The van der Waals surface area contributed by atoms with Gasteiger partial charge in [-0.15, -0.1) is 0 Å². The smallest absolute Gasteiger partial charge is 0.330 e. The molecule has 1 aliphatic heterocycles. The van der Waals surface area contributed by atoms with Crippen LogP contribution in [0.3, 0.4) is 0 Å². The fourth-order valence-electron chi connectivity index (χ4n) is 2.26. The Hall–Kier alpha value is -1.35. The van der Waals surface area contributed by atoms with Crippen LogP contribution in [0.15, 0.2) is 30.3 Å². The average Bonchev–Trinajstić information content (AvgIpc) is 2.81. The van der Waals surface area contributed by atoms with Crippen LogP contribution in [0.1, 0.15) is 25.3 Å². The van der Waals surface area contributed by atoms with Crippen molar-refractivity contribution < 1.29 is 9.53 Å². The van der Waals surface area contributed by atoms with Crippen LogP contribution in [0.2, 0.25) is 0 Å². The van der Waals surface area contributed by atoms with Crippen molar-refractivity contribution in [1.29, 1.82) is 0 Å². The number of ether oxygens (including phenoxy) is 1. The molecular formula is C13H17NO2. The lowest BCUT2D eigenvalue weighted by Gasteiger charge is -2.27. The molecule has 3 nitrogen and oxygen atoms in total. The maximum atomic E-state index is 12.1. The van der Waals surface area contributed by atoms with Crippen molar-refractivity contribution in [1.82, 2.24) is 5.32 Å². The van der Waals surface area contributed by atoms with E-state index in [-0.39, 0.29) is 5.97 Å². The highest BCUT2D eigenvalue weighted by atomic mass is 16.5. The van der Waals surface area contributed by atoms with E-state index in [9.17, 15) is 4.79 Å². The molecule has 0 saturated carbocycles. The Morgan fingerprint density at radius 1 is 1.44 bits per heavy atom. The van der Waals surface area contributed by atoms with Crippen molar-refractivity contribution in [3.05, 3.63) is 35.9 Å². The summed E-state index contributed by atoms with van der Waals surface area (Å²) in [7, 11) is 0. The Balaban J connectivity index is 2.32. The summed E-state index contributed by atoms with van der Waals surface area (Å²) in [5, 5.41) is 3.30. The molecule has 0 aliphatic carbocycles. The predicted molar refractivity (Wildman–Crippen MR) is 62.0 cm³/mol. The number of carbonyl (C=O) groups is 1. The standard InChI is InChI=1S/C13H17NO2/c1-2-16-12(15)13(9-6-10-14-13)11-7-4-3-5-8-11/h3-5,7-8,14H,2,6,9-10H2,1H3. The van der Waals surface area contributed by atoms with E-state index in [2.05, 4.69) is 5.32 Å². The van der Waals surface area contributed by atoms with E-state index < -0.39 is 5.54 Å². The lowest BCUT2D eigenvalue weighted by molar-refractivity contribution is -0.151. The molecule has 1 unspecified atom stereocenters. The maximum Gasteiger partial charge on any atom is 0.330 e. The van der Waals surface area contributed by atoms with Crippen LogP contribution < -0.4 is 5.32 Å². The SMILES string of the molecule is CCOC(=O)C1(c2ccccc2)CCCN1. The molecule has 0 aromatic heterocycles. The third-order valence-corrected chi connectivity index (χ3v) is 3.05. The fourth-order valence-corrected chi connectivity index (χ4v) is 2.26. The summed E-state index contributed by atoms with van der Waals surface area (Å²) in [6, 6.07) is 9.83. The number of rotatable bonds is 3. The minimum Gasteiger partial charge on any atom is -0.464 e. The summed E-state index contributed by atoms with van der Waals surface area (Å²) in [4.78, 5) is 12.1. The summed E-state index contributed by atoms with van der Waals surface area (Å²) in [5.41, 5.74) is 0.392. The number of nitrogens with one attached hydrogen (secondary N) is 1. The molecule has 1 fully saturated rings. The zero-order chi connectivity index (χ0) is 11.4. The van der Waals surface area contributed by atoms with Crippen molar-refractivity contribution in [3.63, 3.8) is 0 Å². The molecule has 0 amide bonds. The van der Waals surface area contributed by atoms with Gasteiger partial charge in [0.25, 0.3) is 0 Å². The van der Waals surface area contributed by atoms with E-state index in [1.807, 2.05) is 37.3 Å². The molecule has 2 rings (SSSR count). The van der Waals surface area contributed by atoms with Gasteiger partial charge in [0.2, 0.25) is 0 Å². The lowest BCUT2D eigenvalue weighted by Crippen LogP contribution is -2.45. The van der Waals surface area contributed by atoms with E-state index in [1.165, 1.54) is 0 Å². The van der Waals surface area contributed by atoms with E-state index in [0.29, 0.717) is 6.61 Å². The highest BCUT2D eigenvalue weighted by molar-refractivity contribution is 5.83. The van der Waals surface area contributed by atoms with Crippen molar-refractivity contribution in [2.24, 2.45) is 0 Å². The van der Waals surface area contributed by atoms with Crippen LogP contribution in [-0.4, -0.2) is 19.1 Å². The highest BCUT2D eigenvalue weighted by Crippen LogP contribution is 2.32. The van der Waals surface area contributed by atoms with E-state index in [4.69, 9.17) is 4.74 Å². The van der Waals surface area contributed by atoms with Crippen LogP contribution in [0.4, 0.5) is 0 Å². The predicted octanol–water partition coefficient (Wildman–Crippen LogP) is 1.83. The molecule has 86 valence electrons. The molecule has 0 radical (unpaired) electrons. The Bertz CT molecular complexity index is 355. The number of benzene rings is 1. The van der Waals surface area contributed by atoms with Crippen LogP contribution in [0, 0.1) is 0 Å². The fraction of sp³-hybridized carbons (Fsp3) is 0.462. The Morgan fingerprint density at radius 3 is 2.75 bits per heavy atom. The maximum absolute atomic E-state index is 12.1. The second-order valence-corrected chi connectivity index (χ2v) is 4.02. The van der Waals surface area contributed by atoms with Gasteiger partial charge in [0.05, 0.1) is 6.61 Å². The Kier molecular flexibility index (Phi) is 3.25. The van der Waals surface area contributed by atoms with Gasteiger partial charge < -0.3 is 4.74 Å². The molecular weight excluding hydrogens is 202 g/mol. The Morgan fingerprint density at radius 2 is 2.19 bits per heavy atom. The second-order valence-electron chi connectivity index (χ2n) is 4.02. The number of carbonyl (C=O) groups excluding carboxylic acids is 1. The molecule has 1 aromatic carbocycles. The minimum atomic E-state index is -0.614. The summed E-state index contributed by atoms with van der Waals surface area (Å²) < 4.78 is 5.18. The zero-order valence-electron chi connectivity index (χ0n) is 9.53. The molecule has 1 heterocycles. The van der Waals surface area contributed by atoms with E-state index in [0.717, 1.165) is 24.9 Å². The molecule has 0 bridgehead atoms. The molecule has 1 atom stereocenters. The molecule has 1 aliphatic rings. The molecule has 16 heavy (non-hydrogen) atoms. The third kappa shape index (κ3) is 1.83. The van der Waals surface area contributed by atoms with Gasteiger partial charge in [-0.1, -0.05) is 30.3 Å². The first-order valence-corrected chi connectivity index (χ1v) is 5.77. The molecule has 1 saturated heterocycles. The lowest BCUT2D eigenvalue weighted by atomic mass is 9.88. The van der Waals surface area contributed by atoms with E-state index in [1.54, 1.807) is 0 Å². The van der Waals surface area contributed by atoms with Crippen LogP contribution >= 0.6 is 0 Å². The first-order chi connectivity index (χ1) is 7.79. The van der Waals surface area contributed by atoms with Crippen molar-refractivity contribution in [2.45, 2.75) is 25.3 Å². The molecule has 0 spiro atoms. The molecule has 3 heteroatoms. The summed E-state index contributed by atoms with van der Waals surface area (Å²) in [6.45, 7) is 3.13. The van der Waals surface area contributed by atoms with Crippen molar-refractivity contribution >= 4 is 5.97 Å². The van der Waals surface area contributed by atoms with Gasteiger partial charge in [-0.2, -0.15) is 0 Å². The third-order valence-electron chi connectivity index (χ3n) is 3.05. The monoisotopic (exact) mass is 219 g/mol. The summed E-state index contributed by atoms with van der Waals surface area (Å²) >= 11 is 0. The van der Waals surface area contributed by atoms with Crippen LogP contribution in [-0.2, 0) is 15.1 Å². The molecule has 1 N–H and O–H groups in total. The van der Waals surface area contributed by atoms with Crippen LogP contribution in [0.25, 0.3) is 0 Å². The van der Waals surface area contributed by atoms with Gasteiger partial charge in [0, 0.05) is 0 Å². The van der Waals surface area contributed by atoms with Crippen LogP contribution in [0.5, 0.6) is 0 Å².